The number of aryl methyl sites for hydroxylation is 2. The fraction of sp³-hybridized carbons (Fsp3) is 0.240. The summed E-state index contributed by atoms with van der Waals surface area (Å²) in [5.41, 5.74) is 3.81. The van der Waals surface area contributed by atoms with Gasteiger partial charge in [0.25, 0.3) is 5.91 Å². The molecule has 0 bridgehead atoms. The highest BCUT2D eigenvalue weighted by Gasteiger charge is 2.22. The minimum Gasteiger partial charge on any atom is -0.494 e. The van der Waals surface area contributed by atoms with Crippen LogP contribution < -0.4 is 10.1 Å². The number of carbonyl (C=O) groups excluding carboxylic acids is 1. The van der Waals surface area contributed by atoms with Gasteiger partial charge in [-0.2, -0.15) is 4.31 Å². The lowest BCUT2D eigenvalue weighted by atomic mass is 10.1. The zero-order valence-electron chi connectivity index (χ0n) is 18.8. The molecule has 0 saturated carbocycles. The molecule has 1 amide bonds. The summed E-state index contributed by atoms with van der Waals surface area (Å²) >= 11 is 0. The van der Waals surface area contributed by atoms with E-state index in [1.54, 1.807) is 42.5 Å². The first-order valence-corrected chi connectivity index (χ1v) is 11.8. The molecule has 1 N–H and O–H groups in total. The van der Waals surface area contributed by atoms with E-state index in [0.29, 0.717) is 29.2 Å². The van der Waals surface area contributed by atoms with Crippen molar-refractivity contribution in [2.24, 2.45) is 0 Å². The lowest BCUT2D eigenvalue weighted by Crippen LogP contribution is -2.27. The molecule has 0 unspecified atom stereocenters. The van der Waals surface area contributed by atoms with Crippen LogP contribution in [0.15, 0.2) is 71.6 Å². The van der Waals surface area contributed by atoms with Crippen molar-refractivity contribution in [3.05, 3.63) is 89.0 Å². The summed E-state index contributed by atoms with van der Waals surface area (Å²) in [6.45, 7) is 6.23. The Morgan fingerprint density at radius 1 is 0.938 bits per heavy atom. The number of sulfonamides is 1. The Balaban J connectivity index is 1.86. The molecule has 0 spiro atoms. The molecule has 3 rings (SSSR count). The number of carbonyl (C=O) groups is 1. The lowest BCUT2D eigenvalue weighted by molar-refractivity contribution is 0.102. The Labute approximate surface area is 189 Å². The first kappa shape index (κ1) is 23.5. The van der Waals surface area contributed by atoms with E-state index in [0.717, 1.165) is 11.1 Å². The van der Waals surface area contributed by atoms with Crippen LogP contribution in [0, 0.1) is 13.8 Å². The number of hydrogen-bond donors (Lipinski definition) is 1. The van der Waals surface area contributed by atoms with Gasteiger partial charge in [-0.3, -0.25) is 4.79 Å². The fourth-order valence-electron chi connectivity index (χ4n) is 3.20. The number of rotatable bonds is 8. The second-order valence-electron chi connectivity index (χ2n) is 7.65. The van der Waals surface area contributed by atoms with E-state index in [1.165, 1.54) is 11.4 Å². The number of benzene rings is 3. The Morgan fingerprint density at radius 2 is 1.53 bits per heavy atom. The third kappa shape index (κ3) is 5.55. The van der Waals surface area contributed by atoms with Crippen LogP contribution in [0.2, 0.25) is 0 Å². The van der Waals surface area contributed by atoms with E-state index in [2.05, 4.69) is 5.32 Å². The summed E-state index contributed by atoms with van der Waals surface area (Å²) < 4.78 is 33.0. The molecule has 168 valence electrons. The monoisotopic (exact) mass is 452 g/mol. The number of anilines is 1. The van der Waals surface area contributed by atoms with Crippen molar-refractivity contribution in [2.45, 2.75) is 32.2 Å². The quantitative estimate of drug-likeness (QED) is 0.534. The molecule has 0 heterocycles. The number of ether oxygens (including phenoxy) is 1. The average Bonchev–Trinajstić information content (AvgIpc) is 2.77. The second-order valence-corrected chi connectivity index (χ2v) is 9.69. The number of nitrogens with one attached hydrogen (secondary N) is 1. The molecular formula is C25H28N2O4S. The molecular weight excluding hydrogens is 424 g/mol. The Bertz CT molecular complexity index is 1190. The van der Waals surface area contributed by atoms with Crippen molar-refractivity contribution in [3.63, 3.8) is 0 Å². The zero-order chi connectivity index (χ0) is 23.3. The molecule has 0 aliphatic rings. The number of amides is 1. The largest absolute Gasteiger partial charge is 0.494 e. The van der Waals surface area contributed by atoms with E-state index in [4.69, 9.17) is 4.74 Å². The van der Waals surface area contributed by atoms with Crippen molar-refractivity contribution in [2.75, 3.05) is 19.0 Å². The Morgan fingerprint density at radius 3 is 2.12 bits per heavy atom. The smallest absolute Gasteiger partial charge is 0.255 e. The van der Waals surface area contributed by atoms with Gasteiger partial charge in [-0.05, 0) is 63.2 Å². The summed E-state index contributed by atoms with van der Waals surface area (Å²) in [5.74, 6) is 0.271. The average molecular weight is 453 g/mol. The number of hydrogen-bond acceptors (Lipinski definition) is 4. The predicted octanol–water partition coefficient (Wildman–Crippen LogP) is 4.78. The van der Waals surface area contributed by atoms with Crippen LogP contribution >= 0.6 is 0 Å². The lowest BCUT2D eigenvalue weighted by Gasteiger charge is -2.20. The van der Waals surface area contributed by atoms with E-state index < -0.39 is 10.0 Å². The molecule has 0 radical (unpaired) electrons. The minimum atomic E-state index is -3.69. The summed E-state index contributed by atoms with van der Waals surface area (Å²) in [4.78, 5) is 13.0. The molecule has 0 aromatic heterocycles. The molecule has 0 atom stereocenters. The van der Waals surface area contributed by atoms with Gasteiger partial charge < -0.3 is 10.1 Å². The first-order valence-electron chi connectivity index (χ1n) is 10.4. The van der Waals surface area contributed by atoms with Gasteiger partial charge in [-0.25, -0.2) is 8.42 Å². The van der Waals surface area contributed by atoms with Gasteiger partial charge in [0.15, 0.2) is 0 Å². The summed E-state index contributed by atoms with van der Waals surface area (Å²) in [6.07, 6.45) is 0. The molecule has 32 heavy (non-hydrogen) atoms. The van der Waals surface area contributed by atoms with Gasteiger partial charge in [0.1, 0.15) is 5.75 Å². The Kier molecular flexibility index (Phi) is 7.33. The molecule has 0 aliphatic carbocycles. The zero-order valence-corrected chi connectivity index (χ0v) is 19.6. The molecule has 3 aromatic rings. The highest BCUT2D eigenvalue weighted by Crippen LogP contribution is 2.25. The number of nitrogens with zero attached hydrogens (tertiary/aromatic N) is 1. The van der Waals surface area contributed by atoms with Crippen LogP contribution in [-0.2, 0) is 16.6 Å². The van der Waals surface area contributed by atoms with E-state index in [1.807, 2.05) is 45.0 Å². The normalized spacial score (nSPS) is 11.4. The van der Waals surface area contributed by atoms with Crippen LogP contribution in [-0.4, -0.2) is 32.3 Å². The van der Waals surface area contributed by atoms with Gasteiger partial charge in [0.05, 0.1) is 11.5 Å². The maximum Gasteiger partial charge on any atom is 0.255 e. The Hall–Kier alpha value is -3.16. The van der Waals surface area contributed by atoms with Crippen LogP contribution in [0.3, 0.4) is 0 Å². The van der Waals surface area contributed by atoms with Crippen LogP contribution in [0.25, 0.3) is 0 Å². The highest BCUT2D eigenvalue weighted by atomic mass is 32.2. The summed E-state index contributed by atoms with van der Waals surface area (Å²) in [6, 6.07) is 19.3. The van der Waals surface area contributed by atoms with Crippen LogP contribution in [0.1, 0.15) is 34.0 Å². The molecule has 0 fully saturated rings. The topological polar surface area (TPSA) is 75.7 Å². The molecule has 7 heteroatoms. The molecule has 0 aliphatic heterocycles. The third-order valence-electron chi connectivity index (χ3n) is 5.05. The van der Waals surface area contributed by atoms with Crippen LogP contribution in [0.5, 0.6) is 5.75 Å². The van der Waals surface area contributed by atoms with E-state index in [9.17, 15) is 13.2 Å². The van der Waals surface area contributed by atoms with Crippen molar-refractivity contribution in [1.29, 1.82) is 0 Å². The first-order chi connectivity index (χ1) is 15.2. The molecule has 3 aromatic carbocycles. The minimum absolute atomic E-state index is 0.0667. The second kappa shape index (κ2) is 9.97. The molecule has 0 saturated heterocycles. The summed E-state index contributed by atoms with van der Waals surface area (Å²) in [5, 5.41) is 2.87. The maximum absolute atomic E-state index is 13.0. The van der Waals surface area contributed by atoms with Crippen molar-refractivity contribution < 1.29 is 17.9 Å². The standard InChI is InChI=1S/C25H28N2O4S/c1-5-31-24-15-10-20(25(28)26-22-11-6-18(2)7-12-22)16-21(24)17-27(4)32(29,30)23-13-8-19(3)9-14-23/h6-16H,5,17H2,1-4H3,(H,26,28). The SMILES string of the molecule is CCOc1ccc(C(=O)Nc2ccc(C)cc2)cc1CN(C)S(=O)(=O)c1ccc(C)cc1. The molecule has 6 nitrogen and oxygen atoms in total. The van der Waals surface area contributed by atoms with Crippen molar-refractivity contribution in [3.8, 4) is 5.75 Å². The van der Waals surface area contributed by atoms with Gasteiger partial charge >= 0.3 is 0 Å². The van der Waals surface area contributed by atoms with E-state index >= 15 is 0 Å². The maximum atomic E-state index is 13.0. The summed E-state index contributed by atoms with van der Waals surface area (Å²) in [7, 11) is -2.18. The highest BCUT2D eigenvalue weighted by molar-refractivity contribution is 7.89. The van der Waals surface area contributed by atoms with Crippen molar-refractivity contribution in [1.82, 2.24) is 4.31 Å². The van der Waals surface area contributed by atoms with Gasteiger partial charge in [0.2, 0.25) is 10.0 Å². The van der Waals surface area contributed by atoms with Crippen LogP contribution in [0.4, 0.5) is 5.69 Å². The third-order valence-corrected chi connectivity index (χ3v) is 6.87. The van der Waals surface area contributed by atoms with Gasteiger partial charge in [0, 0.05) is 30.4 Å². The fourth-order valence-corrected chi connectivity index (χ4v) is 4.34. The predicted molar refractivity (Wildman–Crippen MR) is 127 cm³/mol. The van der Waals surface area contributed by atoms with Gasteiger partial charge in [-0.1, -0.05) is 35.4 Å². The van der Waals surface area contributed by atoms with Crippen molar-refractivity contribution >= 4 is 21.6 Å². The van der Waals surface area contributed by atoms with E-state index in [-0.39, 0.29) is 17.3 Å². The van der Waals surface area contributed by atoms with Gasteiger partial charge in [-0.15, -0.1) is 0 Å².